The molecule has 1 aromatic rings. The van der Waals surface area contributed by atoms with E-state index in [0.29, 0.717) is 30.4 Å². The number of carbonyl (C=O) groups is 1. The Labute approximate surface area is 119 Å². The monoisotopic (exact) mass is 284 g/mol. The molecule has 0 saturated carbocycles. The summed E-state index contributed by atoms with van der Waals surface area (Å²) < 4.78 is 5.01. The highest BCUT2D eigenvalue weighted by molar-refractivity contribution is 6.29. The molecule has 0 fully saturated rings. The lowest BCUT2D eigenvalue weighted by molar-refractivity contribution is 0.0706. The van der Waals surface area contributed by atoms with Crippen LogP contribution in [0, 0.1) is 0 Å². The van der Waals surface area contributed by atoms with Gasteiger partial charge in [0.2, 0.25) is 0 Å². The van der Waals surface area contributed by atoms with Crippen molar-refractivity contribution in [3.63, 3.8) is 0 Å². The van der Waals surface area contributed by atoms with Gasteiger partial charge in [0.15, 0.2) is 0 Å². The van der Waals surface area contributed by atoms with E-state index in [4.69, 9.17) is 16.3 Å². The van der Waals surface area contributed by atoms with Crippen molar-refractivity contribution < 1.29 is 9.53 Å². The summed E-state index contributed by atoms with van der Waals surface area (Å²) in [7, 11) is 1.62. The van der Waals surface area contributed by atoms with Gasteiger partial charge in [-0.25, -0.2) is 4.98 Å². The van der Waals surface area contributed by atoms with Crippen molar-refractivity contribution in [2.24, 2.45) is 0 Å². The van der Waals surface area contributed by atoms with Crippen LogP contribution in [-0.2, 0) is 4.74 Å². The predicted molar refractivity (Wildman–Crippen MR) is 76.8 cm³/mol. The fraction of sp³-hybridized carbons (Fsp3) is 0.571. The molecule has 0 saturated heterocycles. The second-order valence-corrected chi connectivity index (χ2v) is 5.02. The summed E-state index contributed by atoms with van der Waals surface area (Å²) in [5.74, 6) is 0.199. The van der Waals surface area contributed by atoms with E-state index < -0.39 is 0 Å². The van der Waals surface area contributed by atoms with Crippen molar-refractivity contribution in [2.45, 2.75) is 26.7 Å². The minimum Gasteiger partial charge on any atom is -0.383 e. The molecule has 0 unspecified atom stereocenters. The summed E-state index contributed by atoms with van der Waals surface area (Å²) >= 11 is 5.98. The number of nitrogens with zero attached hydrogens (tertiary/aromatic N) is 2. The van der Waals surface area contributed by atoms with Crippen LogP contribution in [0.3, 0.4) is 0 Å². The maximum Gasteiger partial charge on any atom is 0.254 e. The predicted octanol–water partition coefficient (Wildman–Crippen LogP) is 2.97. The molecule has 1 rings (SSSR count). The van der Waals surface area contributed by atoms with E-state index in [1.807, 2.05) is 26.8 Å². The van der Waals surface area contributed by atoms with Crippen LogP contribution in [0.1, 0.15) is 42.7 Å². The SMILES string of the molecule is CCN(CCOC)C(=O)c1cc(Cl)nc(C(C)C)c1. The molecule has 0 aliphatic carbocycles. The summed E-state index contributed by atoms with van der Waals surface area (Å²) in [5, 5.41) is 0.359. The Kier molecular flexibility index (Phi) is 6.25. The highest BCUT2D eigenvalue weighted by atomic mass is 35.5. The second kappa shape index (κ2) is 7.46. The van der Waals surface area contributed by atoms with Crippen LogP contribution in [0.25, 0.3) is 0 Å². The van der Waals surface area contributed by atoms with Crippen molar-refractivity contribution in [2.75, 3.05) is 26.8 Å². The molecule has 5 heteroatoms. The summed E-state index contributed by atoms with van der Waals surface area (Å²) in [4.78, 5) is 18.4. The first kappa shape index (κ1) is 15.9. The Morgan fingerprint density at radius 1 is 1.47 bits per heavy atom. The Balaban J connectivity index is 2.97. The standard InChI is InChI=1S/C14H21ClN2O2/c1-5-17(6-7-19-4)14(18)11-8-12(10(2)3)16-13(15)9-11/h8-10H,5-7H2,1-4H3. The van der Waals surface area contributed by atoms with Gasteiger partial charge in [-0.3, -0.25) is 4.79 Å². The fourth-order valence-corrected chi connectivity index (χ4v) is 1.94. The minimum absolute atomic E-state index is 0.0363. The van der Waals surface area contributed by atoms with Crippen molar-refractivity contribution in [3.8, 4) is 0 Å². The maximum atomic E-state index is 12.4. The van der Waals surface area contributed by atoms with Gasteiger partial charge in [0.05, 0.1) is 6.61 Å². The van der Waals surface area contributed by atoms with Crippen LogP contribution >= 0.6 is 11.6 Å². The lowest BCUT2D eigenvalue weighted by Crippen LogP contribution is -2.33. The zero-order chi connectivity index (χ0) is 14.4. The lowest BCUT2D eigenvalue weighted by Gasteiger charge is -2.21. The average molecular weight is 285 g/mol. The molecule has 4 nitrogen and oxygen atoms in total. The average Bonchev–Trinajstić information content (AvgIpc) is 2.38. The highest BCUT2D eigenvalue weighted by Gasteiger charge is 2.16. The quantitative estimate of drug-likeness (QED) is 0.754. The molecule has 0 bridgehead atoms. The number of pyridine rings is 1. The Bertz CT molecular complexity index is 435. The molecule has 1 heterocycles. The highest BCUT2D eigenvalue weighted by Crippen LogP contribution is 2.18. The summed E-state index contributed by atoms with van der Waals surface area (Å²) in [6.45, 7) is 7.72. The second-order valence-electron chi connectivity index (χ2n) is 4.64. The Hall–Kier alpha value is -1.13. The van der Waals surface area contributed by atoms with E-state index >= 15 is 0 Å². The van der Waals surface area contributed by atoms with Crippen LogP contribution in [0.5, 0.6) is 0 Å². The molecule has 19 heavy (non-hydrogen) atoms. The number of hydrogen-bond donors (Lipinski definition) is 0. The number of methoxy groups -OCH3 is 1. The third-order valence-electron chi connectivity index (χ3n) is 2.89. The van der Waals surface area contributed by atoms with Crippen molar-refractivity contribution in [1.82, 2.24) is 9.88 Å². The third kappa shape index (κ3) is 4.48. The van der Waals surface area contributed by atoms with Crippen LogP contribution < -0.4 is 0 Å². The molecule has 0 N–H and O–H groups in total. The molecular weight excluding hydrogens is 264 g/mol. The first-order valence-electron chi connectivity index (χ1n) is 6.45. The zero-order valence-corrected chi connectivity index (χ0v) is 12.7. The summed E-state index contributed by atoms with van der Waals surface area (Å²) in [6.07, 6.45) is 0. The molecule has 0 spiro atoms. The first-order chi connectivity index (χ1) is 8.99. The molecular formula is C14H21ClN2O2. The topological polar surface area (TPSA) is 42.4 Å². The summed E-state index contributed by atoms with van der Waals surface area (Å²) in [5.41, 5.74) is 1.42. The minimum atomic E-state index is -0.0363. The molecule has 106 valence electrons. The van der Waals surface area contributed by atoms with Crippen molar-refractivity contribution in [3.05, 3.63) is 28.5 Å². The molecule has 0 aliphatic heterocycles. The number of rotatable bonds is 6. The molecule has 1 amide bonds. The van der Waals surface area contributed by atoms with Gasteiger partial charge in [0, 0.05) is 31.5 Å². The third-order valence-corrected chi connectivity index (χ3v) is 3.08. The Morgan fingerprint density at radius 2 is 2.16 bits per heavy atom. The largest absolute Gasteiger partial charge is 0.383 e. The van der Waals surface area contributed by atoms with Gasteiger partial charge in [-0.2, -0.15) is 0 Å². The number of halogens is 1. The van der Waals surface area contributed by atoms with Crippen LogP contribution in [-0.4, -0.2) is 42.6 Å². The van der Waals surface area contributed by atoms with E-state index in [9.17, 15) is 4.79 Å². The molecule has 0 radical (unpaired) electrons. The van der Waals surface area contributed by atoms with Crippen LogP contribution in [0.2, 0.25) is 5.15 Å². The molecule has 1 aromatic heterocycles. The van der Waals surface area contributed by atoms with Gasteiger partial charge in [0.1, 0.15) is 5.15 Å². The smallest absolute Gasteiger partial charge is 0.254 e. The zero-order valence-electron chi connectivity index (χ0n) is 11.9. The fourth-order valence-electron chi connectivity index (χ4n) is 1.72. The van der Waals surface area contributed by atoms with Crippen molar-refractivity contribution >= 4 is 17.5 Å². The van der Waals surface area contributed by atoms with E-state index in [1.165, 1.54) is 0 Å². The van der Waals surface area contributed by atoms with Crippen molar-refractivity contribution in [1.29, 1.82) is 0 Å². The van der Waals surface area contributed by atoms with Crippen LogP contribution in [0.15, 0.2) is 12.1 Å². The van der Waals surface area contributed by atoms with Gasteiger partial charge >= 0.3 is 0 Å². The van der Waals surface area contributed by atoms with Crippen LogP contribution in [0.4, 0.5) is 0 Å². The number of carbonyl (C=O) groups excluding carboxylic acids is 1. The van der Waals surface area contributed by atoms with E-state index in [1.54, 1.807) is 18.1 Å². The number of likely N-dealkylation sites (N-methyl/N-ethyl adjacent to an activating group) is 1. The first-order valence-corrected chi connectivity index (χ1v) is 6.83. The van der Waals surface area contributed by atoms with Gasteiger partial charge < -0.3 is 9.64 Å². The van der Waals surface area contributed by atoms with Gasteiger partial charge in [-0.15, -0.1) is 0 Å². The molecule has 0 atom stereocenters. The normalized spacial score (nSPS) is 10.8. The van der Waals surface area contributed by atoms with E-state index in [2.05, 4.69) is 4.98 Å². The maximum absolute atomic E-state index is 12.4. The molecule has 0 aromatic carbocycles. The number of aromatic nitrogens is 1. The number of ether oxygens (including phenoxy) is 1. The summed E-state index contributed by atoms with van der Waals surface area (Å²) in [6, 6.07) is 3.43. The van der Waals surface area contributed by atoms with Gasteiger partial charge in [-0.1, -0.05) is 25.4 Å². The Morgan fingerprint density at radius 3 is 2.68 bits per heavy atom. The number of amides is 1. The van der Waals surface area contributed by atoms with E-state index in [-0.39, 0.29) is 11.8 Å². The van der Waals surface area contributed by atoms with Gasteiger partial charge in [-0.05, 0) is 25.0 Å². The van der Waals surface area contributed by atoms with Gasteiger partial charge in [0.25, 0.3) is 5.91 Å². The van der Waals surface area contributed by atoms with E-state index in [0.717, 1.165) is 5.69 Å². The lowest BCUT2D eigenvalue weighted by atomic mass is 10.1. The number of hydrogen-bond acceptors (Lipinski definition) is 3. The molecule has 0 aliphatic rings.